The van der Waals surface area contributed by atoms with Gasteiger partial charge in [0, 0.05) is 5.69 Å². The summed E-state index contributed by atoms with van der Waals surface area (Å²) in [5.41, 5.74) is 8.84. The lowest BCUT2D eigenvalue weighted by Crippen LogP contribution is -2.01. The summed E-state index contributed by atoms with van der Waals surface area (Å²) in [5.74, 6) is -0.301. The summed E-state index contributed by atoms with van der Waals surface area (Å²) < 4.78 is 14.9. The van der Waals surface area contributed by atoms with Crippen LogP contribution in [0.1, 0.15) is 11.4 Å². The van der Waals surface area contributed by atoms with Crippen LogP contribution in [0.25, 0.3) is 5.69 Å². The normalized spacial score (nSPS) is 10.6. The van der Waals surface area contributed by atoms with Crippen molar-refractivity contribution in [3.63, 3.8) is 0 Å². The summed E-state index contributed by atoms with van der Waals surface area (Å²) in [6.07, 6.45) is 1.65. The first kappa shape index (κ1) is 9.71. The molecule has 1 heterocycles. The van der Waals surface area contributed by atoms with Crippen LogP contribution < -0.4 is 5.73 Å². The molecule has 0 aliphatic heterocycles. The van der Waals surface area contributed by atoms with Gasteiger partial charge in [-0.25, -0.2) is 9.37 Å². The summed E-state index contributed by atoms with van der Waals surface area (Å²) in [6.45, 7) is 3.83. The summed E-state index contributed by atoms with van der Waals surface area (Å²) in [4.78, 5) is 4.15. The van der Waals surface area contributed by atoms with Crippen LogP contribution >= 0.6 is 0 Å². The molecule has 0 atom stereocenters. The minimum Gasteiger partial charge on any atom is -0.397 e. The number of halogens is 1. The minimum atomic E-state index is -0.301. The van der Waals surface area contributed by atoms with E-state index in [2.05, 4.69) is 4.98 Å². The quantitative estimate of drug-likeness (QED) is 0.725. The molecule has 0 fully saturated rings. The average molecular weight is 205 g/mol. The fourth-order valence-electron chi connectivity index (χ4n) is 1.47. The molecule has 0 aliphatic carbocycles. The van der Waals surface area contributed by atoms with E-state index in [9.17, 15) is 4.39 Å². The molecular weight excluding hydrogens is 193 g/mol. The molecule has 0 bridgehead atoms. The third-order valence-corrected chi connectivity index (χ3v) is 2.50. The van der Waals surface area contributed by atoms with E-state index >= 15 is 0 Å². The van der Waals surface area contributed by atoms with Crippen molar-refractivity contribution >= 4 is 5.69 Å². The van der Waals surface area contributed by atoms with E-state index in [4.69, 9.17) is 5.73 Å². The molecule has 2 rings (SSSR count). The molecule has 0 saturated heterocycles. The molecule has 78 valence electrons. The Labute approximate surface area is 87.4 Å². The van der Waals surface area contributed by atoms with Crippen LogP contribution in [0, 0.1) is 19.7 Å². The van der Waals surface area contributed by atoms with Crippen LogP contribution in [0.4, 0.5) is 10.1 Å². The van der Waals surface area contributed by atoms with Crippen molar-refractivity contribution in [1.82, 2.24) is 9.55 Å². The van der Waals surface area contributed by atoms with Crippen LogP contribution in [0.2, 0.25) is 0 Å². The van der Waals surface area contributed by atoms with E-state index < -0.39 is 0 Å². The number of hydrogen-bond donors (Lipinski definition) is 1. The number of hydrogen-bond acceptors (Lipinski definition) is 2. The third-order valence-electron chi connectivity index (χ3n) is 2.50. The molecule has 1 aromatic heterocycles. The highest BCUT2D eigenvalue weighted by molar-refractivity contribution is 5.58. The van der Waals surface area contributed by atoms with E-state index in [0.717, 1.165) is 11.4 Å². The molecule has 0 radical (unpaired) electrons. The molecule has 0 amide bonds. The van der Waals surface area contributed by atoms with Gasteiger partial charge in [0.05, 0.1) is 23.4 Å². The van der Waals surface area contributed by atoms with Crippen LogP contribution in [-0.4, -0.2) is 9.55 Å². The molecule has 3 nitrogen and oxygen atoms in total. The monoisotopic (exact) mass is 205 g/mol. The van der Waals surface area contributed by atoms with Gasteiger partial charge in [-0.1, -0.05) is 0 Å². The third kappa shape index (κ3) is 1.58. The number of anilines is 1. The number of nitrogens with two attached hydrogens (primary N) is 1. The summed E-state index contributed by atoms with van der Waals surface area (Å²) in [5, 5.41) is 0. The summed E-state index contributed by atoms with van der Waals surface area (Å²) >= 11 is 0. The van der Waals surface area contributed by atoms with E-state index in [1.807, 2.05) is 13.8 Å². The van der Waals surface area contributed by atoms with Crippen LogP contribution in [0.5, 0.6) is 0 Å². The molecule has 0 aliphatic rings. The van der Waals surface area contributed by atoms with E-state index in [0.29, 0.717) is 11.4 Å². The Bertz CT molecular complexity index is 503. The lowest BCUT2D eigenvalue weighted by atomic mass is 10.2. The molecule has 0 unspecified atom stereocenters. The Hall–Kier alpha value is -1.84. The van der Waals surface area contributed by atoms with Gasteiger partial charge in [0.25, 0.3) is 0 Å². The first-order valence-electron chi connectivity index (χ1n) is 4.65. The first-order valence-corrected chi connectivity index (χ1v) is 4.65. The predicted molar refractivity (Wildman–Crippen MR) is 57.4 cm³/mol. The SMILES string of the molecule is Cc1ncn(-c2cc(F)ccc2N)c1C. The van der Waals surface area contributed by atoms with E-state index in [1.54, 1.807) is 17.0 Å². The second-order valence-electron chi connectivity index (χ2n) is 3.49. The van der Waals surface area contributed by atoms with Crippen LogP contribution in [-0.2, 0) is 0 Å². The lowest BCUT2D eigenvalue weighted by Gasteiger charge is -2.08. The van der Waals surface area contributed by atoms with Gasteiger partial charge in [-0.3, -0.25) is 0 Å². The first-order chi connectivity index (χ1) is 7.09. The Morgan fingerprint density at radius 1 is 1.33 bits per heavy atom. The maximum Gasteiger partial charge on any atom is 0.125 e. The standard InChI is InChI=1S/C11H12FN3/c1-7-8(2)15(6-14-7)11-5-9(12)3-4-10(11)13/h3-6H,13H2,1-2H3. The van der Waals surface area contributed by atoms with Gasteiger partial charge in [0.1, 0.15) is 5.82 Å². The van der Waals surface area contributed by atoms with Crippen molar-refractivity contribution in [2.45, 2.75) is 13.8 Å². The molecule has 2 N–H and O–H groups in total. The Balaban J connectivity index is 2.63. The minimum absolute atomic E-state index is 0.301. The van der Waals surface area contributed by atoms with Crippen molar-refractivity contribution in [2.24, 2.45) is 0 Å². The highest BCUT2D eigenvalue weighted by atomic mass is 19.1. The van der Waals surface area contributed by atoms with Gasteiger partial charge in [0.15, 0.2) is 0 Å². The largest absolute Gasteiger partial charge is 0.397 e. The molecule has 1 aromatic carbocycles. The Morgan fingerprint density at radius 3 is 2.67 bits per heavy atom. The van der Waals surface area contributed by atoms with Gasteiger partial charge in [0.2, 0.25) is 0 Å². The smallest absolute Gasteiger partial charge is 0.125 e. The summed E-state index contributed by atoms with van der Waals surface area (Å²) in [7, 11) is 0. The number of aryl methyl sites for hydroxylation is 1. The van der Waals surface area contributed by atoms with Gasteiger partial charge in [-0.2, -0.15) is 0 Å². The second kappa shape index (κ2) is 3.38. The Morgan fingerprint density at radius 2 is 2.07 bits per heavy atom. The van der Waals surface area contributed by atoms with E-state index in [1.165, 1.54) is 12.1 Å². The Kier molecular flexibility index (Phi) is 2.19. The lowest BCUT2D eigenvalue weighted by molar-refractivity contribution is 0.626. The number of rotatable bonds is 1. The van der Waals surface area contributed by atoms with Crippen molar-refractivity contribution in [1.29, 1.82) is 0 Å². The molecule has 15 heavy (non-hydrogen) atoms. The maximum absolute atomic E-state index is 13.1. The fourth-order valence-corrected chi connectivity index (χ4v) is 1.47. The fraction of sp³-hybridized carbons (Fsp3) is 0.182. The van der Waals surface area contributed by atoms with Gasteiger partial charge >= 0.3 is 0 Å². The zero-order valence-corrected chi connectivity index (χ0v) is 8.66. The van der Waals surface area contributed by atoms with E-state index in [-0.39, 0.29) is 5.82 Å². The maximum atomic E-state index is 13.1. The predicted octanol–water partition coefficient (Wildman–Crippen LogP) is 2.21. The number of aromatic nitrogens is 2. The van der Waals surface area contributed by atoms with Crippen molar-refractivity contribution < 1.29 is 4.39 Å². The van der Waals surface area contributed by atoms with Crippen molar-refractivity contribution in [2.75, 3.05) is 5.73 Å². The molecule has 4 heteroatoms. The number of benzene rings is 1. The van der Waals surface area contributed by atoms with Gasteiger partial charge in [-0.05, 0) is 32.0 Å². The van der Waals surface area contributed by atoms with Crippen molar-refractivity contribution in [3.8, 4) is 5.69 Å². The van der Waals surface area contributed by atoms with Gasteiger partial charge in [-0.15, -0.1) is 0 Å². The number of nitrogen functional groups attached to an aromatic ring is 1. The molecule has 0 saturated carbocycles. The zero-order chi connectivity index (χ0) is 11.0. The second-order valence-corrected chi connectivity index (χ2v) is 3.49. The molecule has 2 aromatic rings. The van der Waals surface area contributed by atoms with Crippen LogP contribution in [0.3, 0.4) is 0 Å². The zero-order valence-electron chi connectivity index (χ0n) is 8.66. The average Bonchev–Trinajstić information content (AvgIpc) is 2.52. The van der Waals surface area contributed by atoms with Crippen LogP contribution in [0.15, 0.2) is 24.5 Å². The topological polar surface area (TPSA) is 43.8 Å². The summed E-state index contributed by atoms with van der Waals surface area (Å²) in [6, 6.07) is 4.31. The number of nitrogens with zero attached hydrogens (tertiary/aromatic N) is 2. The molecular formula is C11H12FN3. The molecule has 0 spiro atoms. The number of imidazole rings is 1. The highest BCUT2D eigenvalue weighted by Gasteiger charge is 2.08. The van der Waals surface area contributed by atoms with Gasteiger partial charge < -0.3 is 10.3 Å². The van der Waals surface area contributed by atoms with Crippen molar-refractivity contribution in [3.05, 3.63) is 41.7 Å². The highest BCUT2D eigenvalue weighted by Crippen LogP contribution is 2.20.